The van der Waals surface area contributed by atoms with E-state index in [1.54, 1.807) is 6.20 Å². The van der Waals surface area contributed by atoms with Crippen molar-refractivity contribution in [3.63, 3.8) is 0 Å². The number of benzene rings is 2. The molecular weight excluding hydrogens is 282 g/mol. The Hall–Kier alpha value is -2.06. The highest BCUT2D eigenvalue weighted by Gasteiger charge is 2.29. The number of fused-ring (bicyclic) bond motifs is 2. The molecule has 1 aliphatic carbocycles. The van der Waals surface area contributed by atoms with Gasteiger partial charge in [-0.25, -0.2) is 0 Å². The summed E-state index contributed by atoms with van der Waals surface area (Å²) in [5.74, 6) is 0.250. The molecule has 0 radical (unpaired) electrons. The van der Waals surface area contributed by atoms with Crippen molar-refractivity contribution < 1.29 is 4.79 Å². The van der Waals surface area contributed by atoms with Crippen LogP contribution in [0.1, 0.15) is 21.5 Å². The molecule has 0 saturated heterocycles. The summed E-state index contributed by atoms with van der Waals surface area (Å²) in [6.07, 6.45) is 3.46. The highest BCUT2D eigenvalue weighted by atomic mass is 35.5. The van der Waals surface area contributed by atoms with E-state index < -0.39 is 0 Å². The molecule has 0 amide bonds. The summed E-state index contributed by atoms with van der Waals surface area (Å²) in [6, 6.07) is 14.0. The molecule has 21 heavy (non-hydrogen) atoms. The minimum Gasteiger partial charge on any atom is -0.359 e. The van der Waals surface area contributed by atoms with Crippen molar-refractivity contribution in [2.24, 2.45) is 5.92 Å². The summed E-state index contributed by atoms with van der Waals surface area (Å²) in [4.78, 5) is 16.0. The quantitative estimate of drug-likeness (QED) is 0.698. The molecule has 1 heterocycles. The summed E-state index contributed by atoms with van der Waals surface area (Å²) in [7, 11) is 0. The van der Waals surface area contributed by atoms with Gasteiger partial charge in [-0.15, -0.1) is 0 Å². The van der Waals surface area contributed by atoms with Gasteiger partial charge in [0.15, 0.2) is 5.78 Å². The summed E-state index contributed by atoms with van der Waals surface area (Å²) >= 11 is 6.17. The van der Waals surface area contributed by atoms with Crippen molar-refractivity contribution in [1.29, 1.82) is 0 Å². The lowest BCUT2D eigenvalue weighted by Crippen LogP contribution is -2.14. The lowest BCUT2D eigenvalue weighted by molar-refractivity contribution is 0.0926. The number of hydrogen-bond donors (Lipinski definition) is 1. The van der Waals surface area contributed by atoms with E-state index in [0.29, 0.717) is 5.02 Å². The highest BCUT2D eigenvalue weighted by Crippen LogP contribution is 2.32. The van der Waals surface area contributed by atoms with E-state index in [4.69, 9.17) is 11.6 Å². The SMILES string of the molecule is O=C(c1c[nH]c2c(Cl)cccc12)C1Cc2ccccc2C1. The van der Waals surface area contributed by atoms with Crippen LogP contribution >= 0.6 is 11.6 Å². The second-order valence-corrected chi connectivity index (χ2v) is 6.01. The Bertz CT molecular complexity index is 824. The average molecular weight is 296 g/mol. The number of rotatable bonds is 2. The van der Waals surface area contributed by atoms with Gasteiger partial charge in [0.2, 0.25) is 0 Å². The first-order chi connectivity index (χ1) is 10.2. The van der Waals surface area contributed by atoms with Crippen LogP contribution < -0.4 is 0 Å². The Morgan fingerprint density at radius 3 is 2.48 bits per heavy atom. The molecular formula is C18H14ClNO. The number of carbonyl (C=O) groups is 1. The molecule has 4 rings (SSSR count). The van der Waals surface area contributed by atoms with Crippen LogP contribution in [-0.4, -0.2) is 10.8 Å². The number of aromatic nitrogens is 1. The zero-order chi connectivity index (χ0) is 14.4. The molecule has 3 aromatic rings. The predicted octanol–water partition coefficient (Wildman–Crippen LogP) is 4.42. The summed E-state index contributed by atoms with van der Waals surface area (Å²) in [5, 5.41) is 1.57. The molecule has 0 atom stereocenters. The van der Waals surface area contributed by atoms with Crippen LogP contribution in [0.25, 0.3) is 10.9 Å². The highest BCUT2D eigenvalue weighted by molar-refractivity contribution is 6.35. The maximum atomic E-state index is 12.8. The third-order valence-electron chi connectivity index (χ3n) is 4.35. The third-order valence-corrected chi connectivity index (χ3v) is 4.67. The molecule has 1 N–H and O–H groups in total. The van der Waals surface area contributed by atoms with Crippen molar-refractivity contribution in [3.05, 3.63) is 70.4 Å². The van der Waals surface area contributed by atoms with Gasteiger partial charge >= 0.3 is 0 Å². The van der Waals surface area contributed by atoms with Crippen LogP contribution in [0.2, 0.25) is 5.02 Å². The van der Waals surface area contributed by atoms with Gasteiger partial charge in [0, 0.05) is 23.1 Å². The first kappa shape index (κ1) is 12.7. The van der Waals surface area contributed by atoms with Crippen LogP contribution in [0.5, 0.6) is 0 Å². The van der Waals surface area contributed by atoms with Gasteiger partial charge < -0.3 is 4.98 Å². The number of para-hydroxylation sites is 1. The molecule has 3 heteroatoms. The van der Waals surface area contributed by atoms with Gasteiger partial charge in [-0.05, 0) is 30.0 Å². The minimum absolute atomic E-state index is 0.0420. The number of H-pyrrole nitrogens is 1. The average Bonchev–Trinajstić information content (AvgIpc) is 3.11. The Morgan fingerprint density at radius 2 is 1.76 bits per heavy atom. The van der Waals surface area contributed by atoms with Crippen LogP contribution in [0.3, 0.4) is 0 Å². The van der Waals surface area contributed by atoms with Gasteiger partial charge in [-0.3, -0.25) is 4.79 Å². The predicted molar refractivity (Wildman–Crippen MR) is 85.0 cm³/mol. The van der Waals surface area contributed by atoms with E-state index in [1.165, 1.54) is 11.1 Å². The molecule has 2 nitrogen and oxygen atoms in total. The fourth-order valence-electron chi connectivity index (χ4n) is 3.29. The number of carbonyl (C=O) groups excluding carboxylic acids is 1. The topological polar surface area (TPSA) is 32.9 Å². The number of hydrogen-bond acceptors (Lipinski definition) is 1. The Balaban J connectivity index is 1.71. The van der Waals surface area contributed by atoms with E-state index in [0.717, 1.165) is 29.3 Å². The van der Waals surface area contributed by atoms with Gasteiger partial charge in [-0.1, -0.05) is 48.0 Å². The van der Waals surface area contributed by atoms with Crippen molar-refractivity contribution in [3.8, 4) is 0 Å². The number of nitrogens with one attached hydrogen (secondary N) is 1. The maximum absolute atomic E-state index is 12.8. The maximum Gasteiger partial charge on any atom is 0.168 e. The van der Waals surface area contributed by atoms with Gasteiger partial charge in [0.05, 0.1) is 10.5 Å². The van der Waals surface area contributed by atoms with Gasteiger partial charge in [0.1, 0.15) is 0 Å². The minimum atomic E-state index is 0.0420. The van der Waals surface area contributed by atoms with Crippen molar-refractivity contribution in [2.75, 3.05) is 0 Å². The van der Waals surface area contributed by atoms with Crippen molar-refractivity contribution in [2.45, 2.75) is 12.8 Å². The Morgan fingerprint density at radius 1 is 1.05 bits per heavy atom. The third kappa shape index (κ3) is 1.98. The van der Waals surface area contributed by atoms with E-state index in [-0.39, 0.29) is 11.7 Å². The normalized spacial score (nSPS) is 14.5. The smallest absolute Gasteiger partial charge is 0.168 e. The van der Waals surface area contributed by atoms with Crippen LogP contribution in [0.4, 0.5) is 0 Å². The second-order valence-electron chi connectivity index (χ2n) is 5.60. The first-order valence-corrected chi connectivity index (χ1v) is 7.48. The molecule has 2 aromatic carbocycles. The number of aromatic amines is 1. The monoisotopic (exact) mass is 295 g/mol. The summed E-state index contributed by atoms with van der Waals surface area (Å²) in [5.41, 5.74) is 4.20. The van der Waals surface area contributed by atoms with Crippen LogP contribution in [0.15, 0.2) is 48.7 Å². The standard InChI is InChI=1S/C18H14ClNO/c19-16-7-3-6-14-15(10-20-17(14)16)18(21)13-8-11-4-1-2-5-12(11)9-13/h1-7,10,13,20H,8-9H2. The van der Waals surface area contributed by atoms with E-state index in [1.807, 2.05) is 30.3 Å². The molecule has 0 aliphatic heterocycles. The van der Waals surface area contributed by atoms with Crippen LogP contribution in [-0.2, 0) is 12.8 Å². The zero-order valence-electron chi connectivity index (χ0n) is 11.4. The van der Waals surface area contributed by atoms with Crippen molar-refractivity contribution >= 4 is 28.3 Å². The molecule has 0 spiro atoms. The zero-order valence-corrected chi connectivity index (χ0v) is 12.2. The fraction of sp³-hybridized carbons (Fsp3) is 0.167. The molecule has 1 aromatic heterocycles. The molecule has 104 valence electrons. The molecule has 1 aliphatic rings. The van der Waals surface area contributed by atoms with Gasteiger partial charge in [-0.2, -0.15) is 0 Å². The number of Topliss-reactive ketones (excluding diaryl/α,β-unsaturated/α-hetero) is 1. The van der Waals surface area contributed by atoms with E-state index >= 15 is 0 Å². The molecule has 0 saturated carbocycles. The van der Waals surface area contributed by atoms with E-state index in [9.17, 15) is 4.79 Å². The second kappa shape index (κ2) is 4.74. The first-order valence-electron chi connectivity index (χ1n) is 7.10. The molecule has 0 unspecified atom stereocenters. The summed E-state index contributed by atoms with van der Waals surface area (Å²) < 4.78 is 0. The van der Waals surface area contributed by atoms with Crippen LogP contribution in [0, 0.1) is 5.92 Å². The number of ketones is 1. The lowest BCUT2D eigenvalue weighted by Gasteiger charge is -2.07. The van der Waals surface area contributed by atoms with Crippen molar-refractivity contribution in [1.82, 2.24) is 4.98 Å². The van der Waals surface area contributed by atoms with Gasteiger partial charge in [0.25, 0.3) is 0 Å². The molecule has 0 fully saturated rings. The molecule has 0 bridgehead atoms. The Labute approximate surface area is 127 Å². The fourth-order valence-corrected chi connectivity index (χ4v) is 3.51. The summed E-state index contributed by atoms with van der Waals surface area (Å²) in [6.45, 7) is 0. The lowest BCUT2D eigenvalue weighted by atomic mass is 9.95. The van der Waals surface area contributed by atoms with E-state index in [2.05, 4.69) is 17.1 Å². The Kier molecular flexibility index (Phi) is 2.86. The number of halogens is 1. The largest absolute Gasteiger partial charge is 0.359 e.